The highest BCUT2D eigenvalue weighted by molar-refractivity contribution is 9.09. The predicted molar refractivity (Wildman–Crippen MR) is 67.8 cm³/mol. The number of hydrogen-bond acceptors (Lipinski definition) is 1. The first-order valence-corrected chi connectivity index (χ1v) is 6.01. The Morgan fingerprint density at radius 2 is 2.00 bits per heavy atom. The van der Waals surface area contributed by atoms with Crippen molar-refractivity contribution in [3.8, 4) is 17.6 Å². The summed E-state index contributed by atoms with van der Waals surface area (Å²) < 4.78 is 5.25. The van der Waals surface area contributed by atoms with Crippen LogP contribution in [0.2, 0.25) is 0 Å². The fourth-order valence-corrected chi connectivity index (χ4v) is 1.55. The lowest BCUT2D eigenvalue weighted by atomic mass is 10.0. The van der Waals surface area contributed by atoms with Gasteiger partial charge >= 0.3 is 0 Å². The van der Waals surface area contributed by atoms with Gasteiger partial charge in [-0.25, -0.2) is 0 Å². The summed E-state index contributed by atoms with van der Waals surface area (Å²) in [5.41, 5.74) is 3.39. The zero-order chi connectivity index (χ0) is 11.3. The van der Waals surface area contributed by atoms with E-state index in [-0.39, 0.29) is 0 Å². The zero-order valence-electron chi connectivity index (χ0n) is 9.36. The Bertz CT molecular complexity index is 399. The second-order valence-electron chi connectivity index (χ2n) is 3.38. The van der Waals surface area contributed by atoms with Gasteiger partial charge in [0.1, 0.15) is 5.75 Å². The van der Waals surface area contributed by atoms with Crippen LogP contribution in [0.4, 0.5) is 0 Å². The van der Waals surface area contributed by atoms with Crippen LogP contribution < -0.4 is 4.74 Å². The highest BCUT2D eigenvalue weighted by Gasteiger charge is 2.02. The Morgan fingerprint density at radius 1 is 1.27 bits per heavy atom. The summed E-state index contributed by atoms with van der Waals surface area (Å²) in [5, 5.41) is 0.925. The van der Waals surface area contributed by atoms with Crippen molar-refractivity contribution in [1.82, 2.24) is 0 Å². The maximum Gasteiger partial charge on any atom is 0.122 e. The fraction of sp³-hybridized carbons (Fsp3) is 0.385. The lowest BCUT2D eigenvalue weighted by Gasteiger charge is -2.07. The molecule has 0 heterocycles. The molecule has 80 valence electrons. The number of rotatable bonds is 2. The molecule has 2 heteroatoms. The van der Waals surface area contributed by atoms with Crippen molar-refractivity contribution in [1.29, 1.82) is 0 Å². The number of halogens is 1. The van der Waals surface area contributed by atoms with Crippen LogP contribution in [0, 0.1) is 25.7 Å². The first-order chi connectivity index (χ1) is 7.19. The van der Waals surface area contributed by atoms with E-state index >= 15 is 0 Å². The Morgan fingerprint density at radius 3 is 2.60 bits per heavy atom. The molecule has 0 saturated heterocycles. The summed E-state index contributed by atoms with van der Waals surface area (Å²) in [6, 6.07) is 4.11. The summed E-state index contributed by atoms with van der Waals surface area (Å²) in [6.45, 7) is 4.09. The van der Waals surface area contributed by atoms with E-state index < -0.39 is 0 Å². The molecule has 0 aromatic heterocycles. The SMILES string of the molecule is COc1cc(C)c(C#CCCBr)cc1C. The molecule has 1 nitrogen and oxygen atoms in total. The van der Waals surface area contributed by atoms with Gasteiger partial charge in [0, 0.05) is 17.3 Å². The Balaban J connectivity index is 3.01. The fourth-order valence-electron chi connectivity index (χ4n) is 1.35. The van der Waals surface area contributed by atoms with Crippen LogP contribution in [0.15, 0.2) is 12.1 Å². The Kier molecular flexibility index (Phi) is 4.71. The van der Waals surface area contributed by atoms with Crippen molar-refractivity contribution in [2.24, 2.45) is 0 Å². The molecule has 15 heavy (non-hydrogen) atoms. The standard InChI is InChI=1S/C13H15BrO/c1-10-9-13(15-3)11(2)8-12(10)6-4-5-7-14/h8-9H,5,7H2,1-3H3. The predicted octanol–water partition coefficient (Wildman–Crippen LogP) is 3.45. The van der Waals surface area contributed by atoms with Gasteiger partial charge in [0.25, 0.3) is 0 Å². The minimum absolute atomic E-state index is 0.879. The molecule has 0 atom stereocenters. The van der Waals surface area contributed by atoms with E-state index in [2.05, 4.69) is 40.8 Å². The summed E-state index contributed by atoms with van der Waals surface area (Å²) in [6.07, 6.45) is 0.879. The molecule has 0 aliphatic heterocycles. The van der Waals surface area contributed by atoms with Gasteiger partial charge in [0.15, 0.2) is 0 Å². The van der Waals surface area contributed by atoms with Crippen molar-refractivity contribution >= 4 is 15.9 Å². The molecule has 0 aliphatic carbocycles. The van der Waals surface area contributed by atoms with E-state index in [4.69, 9.17) is 4.74 Å². The van der Waals surface area contributed by atoms with E-state index in [1.165, 1.54) is 5.56 Å². The molecule has 1 aromatic rings. The normalized spacial score (nSPS) is 9.33. The summed E-state index contributed by atoms with van der Waals surface area (Å²) in [5.74, 6) is 7.22. The number of methoxy groups -OCH3 is 1. The molecule has 0 fully saturated rings. The van der Waals surface area contributed by atoms with Crippen LogP contribution in [0.5, 0.6) is 5.75 Å². The van der Waals surface area contributed by atoms with Crippen LogP contribution in [0.3, 0.4) is 0 Å². The van der Waals surface area contributed by atoms with Crippen LogP contribution in [0.1, 0.15) is 23.1 Å². The van der Waals surface area contributed by atoms with Gasteiger partial charge in [0.2, 0.25) is 0 Å². The number of ether oxygens (including phenoxy) is 1. The summed E-state index contributed by atoms with van der Waals surface area (Å²) in [4.78, 5) is 0. The molecular weight excluding hydrogens is 252 g/mol. The number of hydrogen-bond donors (Lipinski definition) is 0. The number of aryl methyl sites for hydroxylation is 2. The monoisotopic (exact) mass is 266 g/mol. The quantitative estimate of drug-likeness (QED) is 0.589. The molecule has 0 aliphatic rings. The van der Waals surface area contributed by atoms with Crippen molar-refractivity contribution in [2.45, 2.75) is 20.3 Å². The third kappa shape index (κ3) is 3.28. The molecule has 0 unspecified atom stereocenters. The minimum atomic E-state index is 0.879. The maximum atomic E-state index is 5.25. The number of benzene rings is 1. The molecule has 0 saturated carbocycles. The average molecular weight is 267 g/mol. The van der Waals surface area contributed by atoms with Gasteiger partial charge in [-0.3, -0.25) is 0 Å². The Hall–Kier alpha value is -0.940. The lowest BCUT2D eigenvalue weighted by molar-refractivity contribution is 0.411. The van der Waals surface area contributed by atoms with Gasteiger partial charge in [-0.2, -0.15) is 0 Å². The smallest absolute Gasteiger partial charge is 0.122 e. The van der Waals surface area contributed by atoms with Crippen LogP contribution in [-0.2, 0) is 0 Å². The van der Waals surface area contributed by atoms with E-state index in [0.717, 1.165) is 28.6 Å². The van der Waals surface area contributed by atoms with Crippen LogP contribution >= 0.6 is 15.9 Å². The molecule has 0 bridgehead atoms. The summed E-state index contributed by atoms with van der Waals surface area (Å²) in [7, 11) is 1.69. The maximum absolute atomic E-state index is 5.25. The third-order valence-corrected chi connectivity index (χ3v) is 2.58. The zero-order valence-corrected chi connectivity index (χ0v) is 10.9. The largest absolute Gasteiger partial charge is 0.496 e. The van der Waals surface area contributed by atoms with Crippen molar-refractivity contribution in [2.75, 3.05) is 12.4 Å². The first-order valence-electron chi connectivity index (χ1n) is 4.89. The minimum Gasteiger partial charge on any atom is -0.496 e. The molecule has 0 N–H and O–H groups in total. The first kappa shape index (κ1) is 12.1. The molecular formula is C13H15BrO. The third-order valence-electron chi connectivity index (χ3n) is 2.18. The molecule has 0 spiro atoms. The van der Waals surface area contributed by atoms with Gasteiger partial charge in [0.05, 0.1) is 7.11 Å². The lowest BCUT2D eigenvalue weighted by Crippen LogP contribution is -1.91. The van der Waals surface area contributed by atoms with Gasteiger partial charge in [-0.1, -0.05) is 27.8 Å². The molecule has 1 aromatic carbocycles. The topological polar surface area (TPSA) is 9.23 Å². The van der Waals surface area contributed by atoms with E-state index in [9.17, 15) is 0 Å². The molecule has 0 radical (unpaired) electrons. The average Bonchev–Trinajstić information content (AvgIpc) is 2.23. The Labute approximate surface area is 100.0 Å². The van der Waals surface area contributed by atoms with Crippen molar-refractivity contribution < 1.29 is 4.74 Å². The highest BCUT2D eigenvalue weighted by Crippen LogP contribution is 2.21. The summed E-state index contributed by atoms with van der Waals surface area (Å²) >= 11 is 3.36. The second kappa shape index (κ2) is 5.82. The van der Waals surface area contributed by atoms with Crippen molar-refractivity contribution in [3.63, 3.8) is 0 Å². The molecule has 0 amide bonds. The van der Waals surface area contributed by atoms with Gasteiger partial charge < -0.3 is 4.74 Å². The van der Waals surface area contributed by atoms with Crippen molar-refractivity contribution in [3.05, 3.63) is 28.8 Å². The molecule has 1 rings (SSSR count). The van der Waals surface area contributed by atoms with Gasteiger partial charge in [-0.05, 0) is 37.1 Å². The van der Waals surface area contributed by atoms with Crippen LogP contribution in [0.25, 0.3) is 0 Å². The highest BCUT2D eigenvalue weighted by atomic mass is 79.9. The van der Waals surface area contributed by atoms with E-state index in [1.807, 2.05) is 13.0 Å². The van der Waals surface area contributed by atoms with E-state index in [0.29, 0.717) is 0 Å². The number of alkyl halides is 1. The van der Waals surface area contributed by atoms with Crippen LogP contribution in [-0.4, -0.2) is 12.4 Å². The van der Waals surface area contributed by atoms with Gasteiger partial charge in [-0.15, -0.1) is 0 Å². The second-order valence-corrected chi connectivity index (χ2v) is 4.17. The van der Waals surface area contributed by atoms with E-state index in [1.54, 1.807) is 7.11 Å².